The molecule has 0 bridgehead atoms. The van der Waals surface area contributed by atoms with Gasteiger partial charge in [-0.1, -0.05) is 11.6 Å². The molecule has 2 rings (SSSR count). The number of aromatic nitrogens is 1. The largest absolute Gasteiger partial charge is 0.481 e. The number of aliphatic carboxylic acids is 1. The molecule has 1 aliphatic heterocycles. The van der Waals surface area contributed by atoms with Gasteiger partial charge in [0.25, 0.3) is 0 Å². The maximum absolute atomic E-state index is 12.5. The van der Waals surface area contributed by atoms with Crippen molar-refractivity contribution in [3.8, 4) is 6.07 Å². The predicted molar refractivity (Wildman–Crippen MR) is 84.1 cm³/mol. The van der Waals surface area contributed by atoms with E-state index in [-0.39, 0.29) is 23.4 Å². The van der Waals surface area contributed by atoms with Crippen LogP contribution >= 0.6 is 11.6 Å². The Balaban J connectivity index is 2.13. The predicted octanol–water partition coefficient (Wildman–Crippen LogP) is 2.09. The van der Waals surface area contributed by atoms with E-state index in [1.165, 1.54) is 0 Å². The number of hydrogen-bond acceptors (Lipinski definition) is 4. The fraction of sp³-hybridized carbons (Fsp3) is 0.500. The molecule has 0 unspecified atom stereocenters. The van der Waals surface area contributed by atoms with Crippen molar-refractivity contribution in [3.63, 3.8) is 0 Å². The average Bonchev–Trinajstić information content (AvgIpc) is 2.51. The van der Waals surface area contributed by atoms with Crippen LogP contribution in [-0.4, -0.2) is 40.0 Å². The SMILES string of the molecule is Cc1nc(Cl)c(C#N)c(C)c1CC(=O)N1CCC(C(=O)O)CC1. The van der Waals surface area contributed by atoms with Gasteiger partial charge in [-0.15, -0.1) is 0 Å². The fourth-order valence-electron chi connectivity index (χ4n) is 2.88. The summed E-state index contributed by atoms with van der Waals surface area (Å²) in [6, 6.07) is 2.02. The number of piperidine rings is 1. The number of nitriles is 1. The van der Waals surface area contributed by atoms with Crippen molar-refractivity contribution in [2.45, 2.75) is 33.1 Å². The summed E-state index contributed by atoms with van der Waals surface area (Å²) in [5.74, 6) is -1.25. The third kappa shape index (κ3) is 3.62. The van der Waals surface area contributed by atoms with Gasteiger partial charge < -0.3 is 10.0 Å². The van der Waals surface area contributed by atoms with Gasteiger partial charge in [0.1, 0.15) is 11.2 Å². The van der Waals surface area contributed by atoms with E-state index in [9.17, 15) is 9.59 Å². The minimum Gasteiger partial charge on any atom is -0.481 e. The first-order valence-electron chi connectivity index (χ1n) is 7.41. The molecule has 0 spiro atoms. The molecule has 23 heavy (non-hydrogen) atoms. The van der Waals surface area contributed by atoms with Crippen LogP contribution in [0.25, 0.3) is 0 Å². The van der Waals surface area contributed by atoms with Crippen LogP contribution in [0.2, 0.25) is 5.15 Å². The number of halogens is 1. The van der Waals surface area contributed by atoms with Crippen LogP contribution in [0.5, 0.6) is 0 Å². The first kappa shape index (κ1) is 17.2. The highest BCUT2D eigenvalue weighted by Gasteiger charge is 2.27. The van der Waals surface area contributed by atoms with E-state index in [0.29, 0.717) is 42.8 Å². The first-order chi connectivity index (χ1) is 10.8. The topological polar surface area (TPSA) is 94.3 Å². The maximum Gasteiger partial charge on any atom is 0.306 e. The summed E-state index contributed by atoms with van der Waals surface area (Å²) in [4.78, 5) is 29.2. The van der Waals surface area contributed by atoms with Crippen molar-refractivity contribution in [1.82, 2.24) is 9.88 Å². The molecular weight excluding hydrogens is 318 g/mol. The van der Waals surface area contributed by atoms with Crippen LogP contribution < -0.4 is 0 Å². The van der Waals surface area contributed by atoms with E-state index >= 15 is 0 Å². The number of pyridine rings is 1. The highest BCUT2D eigenvalue weighted by Crippen LogP contribution is 2.24. The highest BCUT2D eigenvalue weighted by atomic mass is 35.5. The molecule has 1 aromatic heterocycles. The second kappa shape index (κ2) is 6.97. The molecule has 7 heteroatoms. The van der Waals surface area contributed by atoms with Gasteiger partial charge in [0, 0.05) is 18.8 Å². The molecule has 1 amide bonds. The van der Waals surface area contributed by atoms with Gasteiger partial charge in [0.15, 0.2) is 0 Å². The van der Waals surface area contributed by atoms with Gasteiger partial charge in [0.05, 0.1) is 17.9 Å². The van der Waals surface area contributed by atoms with E-state index in [0.717, 1.165) is 5.56 Å². The standard InChI is InChI=1S/C16H18ClN3O3/c1-9-12(10(2)19-15(17)13(9)8-18)7-14(21)20-5-3-11(4-6-20)16(22)23/h11H,3-7H2,1-2H3,(H,22,23). The van der Waals surface area contributed by atoms with Crippen molar-refractivity contribution < 1.29 is 14.7 Å². The Kier molecular flexibility index (Phi) is 5.22. The molecule has 1 fully saturated rings. The van der Waals surface area contributed by atoms with Crippen LogP contribution in [0.1, 0.15) is 35.2 Å². The second-order valence-electron chi connectivity index (χ2n) is 5.75. The second-order valence-corrected chi connectivity index (χ2v) is 6.11. The van der Waals surface area contributed by atoms with Crippen molar-refractivity contribution in [1.29, 1.82) is 5.26 Å². The van der Waals surface area contributed by atoms with Crippen LogP contribution in [0.4, 0.5) is 0 Å². The number of amides is 1. The van der Waals surface area contributed by atoms with E-state index in [1.807, 2.05) is 6.07 Å². The fourth-order valence-corrected chi connectivity index (χ4v) is 3.19. The molecule has 1 aliphatic rings. The third-order valence-electron chi connectivity index (χ3n) is 4.37. The summed E-state index contributed by atoms with van der Waals surface area (Å²) in [5, 5.41) is 18.3. The zero-order valence-corrected chi connectivity index (χ0v) is 13.9. The molecule has 1 saturated heterocycles. The van der Waals surface area contributed by atoms with Gasteiger partial charge in [-0.2, -0.15) is 5.26 Å². The Morgan fingerprint density at radius 2 is 2.00 bits per heavy atom. The number of carbonyl (C=O) groups is 2. The van der Waals surface area contributed by atoms with Crippen LogP contribution in [0, 0.1) is 31.1 Å². The molecule has 6 nitrogen and oxygen atoms in total. The number of carboxylic acids is 1. The summed E-state index contributed by atoms with van der Waals surface area (Å²) < 4.78 is 0. The van der Waals surface area contributed by atoms with Crippen LogP contribution in [0.15, 0.2) is 0 Å². The monoisotopic (exact) mass is 335 g/mol. The van der Waals surface area contributed by atoms with Crippen molar-refractivity contribution in [3.05, 3.63) is 27.5 Å². The number of likely N-dealkylation sites (tertiary alicyclic amines) is 1. The number of hydrogen-bond donors (Lipinski definition) is 1. The van der Waals surface area contributed by atoms with E-state index in [2.05, 4.69) is 4.98 Å². The van der Waals surface area contributed by atoms with Gasteiger partial charge >= 0.3 is 5.97 Å². The number of carboxylic acid groups (broad SMARTS) is 1. The summed E-state index contributed by atoms with van der Waals surface area (Å²) in [6.07, 6.45) is 1.09. The molecule has 0 atom stereocenters. The van der Waals surface area contributed by atoms with Crippen molar-refractivity contribution >= 4 is 23.5 Å². The lowest BCUT2D eigenvalue weighted by atomic mass is 9.95. The summed E-state index contributed by atoms with van der Waals surface area (Å²) >= 11 is 5.95. The molecule has 1 aromatic rings. The number of nitrogens with zero attached hydrogens (tertiary/aromatic N) is 3. The molecule has 1 N–H and O–H groups in total. The third-order valence-corrected chi connectivity index (χ3v) is 4.65. The number of rotatable bonds is 3. The minimum atomic E-state index is -0.802. The van der Waals surface area contributed by atoms with Gasteiger partial charge in [-0.05, 0) is 37.8 Å². The molecule has 2 heterocycles. The molecule has 0 radical (unpaired) electrons. The van der Waals surface area contributed by atoms with Crippen molar-refractivity contribution in [2.24, 2.45) is 5.92 Å². The Labute approximate surface area is 139 Å². The minimum absolute atomic E-state index is 0.0759. The lowest BCUT2D eigenvalue weighted by Crippen LogP contribution is -2.41. The summed E-state index contributed by atoms with van der Waals surface area (Å²) in [6.45, 7) is 4.41. The van der Waals surface area contributed by atoms with E-state index in [4.69, 9.17) is 22.0 Å². The zero-order chi connectivity index (χ0) is 17.1. The number of carbonyl (C=O) groups excluding carboxylic acids is 1. The number of aryl methyl sites for hydroxylation is 1. The van der Waals surface area contributed by atoms with E-state index < -0.39 is 5.97 Å². The molecule has 0 aromatic carbocycles. The van der Waals surface area contributed by atoms with E-state index in [1.54, 1.807) is 18.7 Å². The van der Waals surface area contributed by atoms with Crippen molar-refractivity contribution in [2.75, 3.05) is 13.1 Å². The average molecular weight is 336 g/mol. The summed E-state index contributed by atoms with van der Waals surface area (Å²) in [5.41, 5.74) is 2.33. The highest BCUT2D eigenvalue weighted by molar-refractivity contribution is 6.30. The maximum atomic E-state index is 12.5. The smallest absolute Gasteiger partial charge is 0.306 e. The normalized spacial score (nSPS) is 15.3. The van der Waals surface area contributed by atoms with Crippen LogP contribution in [-0.2, 0) is 16.0 Å². The van der Waals surface area contributed by atoms with Gasteiger partial charge in [-0.3, -0.25) is 9.59 Å². The molecule has 122 valence electrons. The summed E-state index contributed by atoms with van der Waals surface area (Å²) in [7, 11) is 0. The molecular formula is C16H18ClN3O3. The van der Waals surface area contributed by atoms with Crippen LogP contribution in [0.3, 0.4) is 0 Å². The Morgan fingerprint density at radius 1 is 1.39 bits per heavy atom. The lowest BCUT2D eigenvalue weighted by Gasteiger charge is -2.30. The quantitative estimate of drug-likeness (QED) is 0.853. The van der Waals surface area contributed by atoms with Gasteiger partial charge in [-0.25, -0.2) is 4.98 Å². The Bertz CT molecular complexity index is 689. The van der Waals surface area contributed by atoms with Gasteiger partial charge in [0.2, 0.25) is 5.91 Å². The molecule has 0 aliphatic carbocycles. The molecule has 0 saturated carbocycles. The zero-order valence-electron chi connectivity index (χ0n) is 13.1. The first-order valence-corrected chi connectivity index (χ1v) is 7.79. The Morgan fingerprint density at radius 3 is 2.52 bits per heavy atom. The lowest BCUT2D eigenvalue weighted by molar-refractivity contribution is -0.145. The Hall–Kier alpha value is -2.13.